The highest BCUT2D eigenvalue weighted by Crippen LogP contribution is 2.32. The summed E-state index contributed by atoms with van der Waals surface area (Å²) in [6, 6.07) is 8.35. The smallest absolute Gasteiger partial charge is 0.231 e. The van der Waals surface area contributed by atoms with Crippen LogP contribution in [0.15, 0.2) is 54.1 Å². The van der Waals surface area contributed by atoms with E-state index >= 15 is 0 Å². The Balaban J connectivity index is 1.46. The first kappa shape index (κ1) is 17.1. The summed E-state index contributed by atoms with van der Waals surface area (Å²) in [6.45, 7) is 2.86. The third-order valence-corrected chi connectivity index (χ3v) is 5.49. The number of rotatable bonds is 4. The maximum absolute atomic E-state index is 12.9. The van der Waals surface area contributed by atoms with Crippen molar-refractivity contribution < 1.29 is 9.53 Å². The Bertz CT molecular complexity index is 772. The number of nitrogens with zero attached hydrogens (tertiary/aromatic N) is 2. The summed E-state index contributed by atoms with van der Waals surface area (Å²) in [7, 11) is 1.86. The molecule has 1 aromatic rings. The number of para-hydroxylation sites is 1. The maximum Gasteiger partial charge on any atom is 0.231 e. The van der Waals surface area contributed by atoms with Gasteiger partial charge in [-0.25, -0.2) is 0 Å². The van der Waals surface area contributed by atoms with Crippen molar-refractivity contribution in [2.24, 2.45) is 0 Å². The number of likely N-dealkylation sites (tertiary alicyclic amines) is 1. The molecular formula is C22H26N2O2. The lowest BCUT2D eigenvalue weighted by atomic mass is 9.98. The molecule has 0 radical (unpaired) electrons. The largest absolute Gasteiger partial charge is 0.489 e. The third kappa shape index (κ3) is 3.47. The summed E-state index contributed by atoms with van der Waals surface area (Å²) >= 11 is 0. The number of carbonyl (C=O) groups excluding carboxylic acids is 1. The van der Waals surface area contributed by atoms with E-state index in [9.17, 15) is 4.79 Å². The molecule has 1 saturated heterocycles. The zero-order valence-electron chi connectivity index (χ0n) is 15.4. The Kier molecular flexibility index (Phi) is 4.93. The lowest BCUT2D eigenvalue weighted by Gasteiger charge is -2.28. The van der Waals surface area contributed by atoms with Gasteiger partial charge >= 0.3 is 0 Å². The summed E-state index contributed by atoms with van der Waals surface area (Å²) in [5, 5.41) is 0. The normalized spacial score (nSPS) is 22.3. The minimum atomic E-state index is 0.117. The van der Waals surface area contributed by atoms with E-state index in [2.05, 4.69) is 23.1 Å². The molecule has 2 aliphatic heterocycles. The number of hydrogen-bond acceptors (Lipinski definition) is 3. The van der Waals surface area contributed by atoms with E-state index in [-0.39, 0.29) is 5.91 Å². The summed E-state index contributed by atoms with van der Waals surface area (Å²) < 4.78 is 5.66. The van der Waals surface area contributed by atoms with Gasteiger partial charge in [-0.3, -0.25) is 9.69 Å². The second kappa shape index (κ2) is 7.50. The summed E-state index contributed by atoms with van der Waals surface area (Å²) in [5.41, 5.74) is 3.05. The Morgan fingerprint density at radius 2 is 2.08 bits per heavy atom. The van der Waals surface area contributed by atoms with E-state index in [1.165, 1.54) is 25.9 Å². The number of fused-ring (bicyclic) bond motifs is 1. The van der Waals surface area contributed by atoms with Gasteiger partial charge in [0.25, 0.3) is 0 Å². The number of carbonyl (C=O) groups is 1. The summed E-state index contributed by atoms with van der Waals surface area (Å²) in [4.78, 5) is 17.2. The lowest BCUT2D eigenvalue weighted by Crippen LogP contribution is -2.32. The van der Waals surface area contributed by atoms with Crippen LogP contribution in [-0.2, 0) is 4.79 Å². The second-order valence-electron chi connectivity index (χ2n) is 7.22. The molecular weight excluding hydrogens is 324 g/mol. The molecule has 26 heavy (non-hydrogen) atoms. The van der Waals surface area contributed by atoms with E-state index in [4.69, 9.17) is 4.74 Å². The molecule has 3 aliphatic rings. The number of allylic oxidation sites excluding steroid dienone is 1. The predicted molar refractivity (Wildman–Crippen MR) is 104 cm³/mol. The van der Waals surface area contributed by atoms with E-state index in [1.807, 2.05) is 37.4 Å². The Morgan fingerprint density at radius 1 is 1.27 bits per heavy atom. The highest BCUT2D eigenvalue weighted by molar-refractivity contribution is 5.89. The average molecular weight is 350 g/mol. The second-order valence-corrected chi connectivity index (χ2v) is 7.22. The van der Waals surface area contributed by atoms with Gasteiger partial charge in [0.15, 0.2) is 0 Å². The van der Waals surface area contributed by atoms with Gasteiger partial charge in [-0.2, -0.15) is 0 Å². The zero-order chi connectivity index (χ0) is 17.9. The minimum absolute atomic E-state index is 0.117. The van der Waals surface area contributed by atoms with Crippen LogP contribution in [0.4, 0.5) is 0 Å². The van der Waals surface area contributed by atoms with Crippen LogP contribution in [-0.4, -0.2) is 48.5 Å². The fourth-order valence-electron chi connectivity index (χ4n) is 4.04. The van der Waals surface area contributed by atoms with Gasteiger partial charge < -0.3 is 9.64 Å². The molecule has 4 heteroatoms. The zero-order valence-corrected chi connectivity index (χ0v) is 15.4. The maximum atomic E-state index is 12.9. The number of amides is 1. The van der Waals surface area contributed by atoms with Crippen molar-refractivity contribution in [2.75, 3.05) is 26.7 Å². The molecule has 0 aromatic heterocycles. The van der Waals surface area contributed by atoms with Gasteiger partial charge in [0.1, 0.15) is 12.4 Å². The molecule has 0 bridgehead atoms. The lowest BCUT2D eigenvalue weighted by molar-refractivity contribution is -0.126. The van der Waals surface area contributed by atoms with Crippen molar-refractivity contribution >= 4 is 11.6 Å². The van der Waals surface area contributed by atoms with E-state index in [0.717, 1.165) is 29.0 Å². The molecule has 1 atom stereocenters. The quantitative estimate of drug-likeness (QED) is 0.831. The number of ether oxygens (including phenoxy) is 1. The Hall–Kier alpha value is -2.33. The standard InChI is InChI=1S/C22H26N2O2/c1-23(20-11-14-26-21-10-3-2-9-19(20)21)22(25)16-17-7-6-8-18(15-17)24-12-4-5-13-24/h2-3,6-7,9-11,15,18H,4-5,8,12-14,16H2,1H3. The Labute approximate surface area is 155 Å². The fraction of sp³-hybridized carbons (Fsp3) is 0.409. The molecule has 0 N–H and O–H groups in total. The van der Waals surface area contributed by atoms with Gasteiger partial charge in [-0.15, -0.1) is 0 Å². The van der Waals surface area contributed by atoms with Crippen LogP contribution >= 0.6 is 0 Å². The first-order chi connectivity index (χ1) is 12.7. The SMILES string of the molecule is CN(C(=O)CC1=CC(N2CCCC2)CC=C1)C1=CCOc2ccccc21. The van der Waals surface area contributed by atoms with E-state index < -0.39 is 0 Å². The molecule has 1 amide bonds. The number of benzene rings is 1. The molecule has 2 heterocycles. The van der Waals surface area contributed by atoms with Crippen LogP contribution in [0.2, 0.25) is 0 Å². The average Bonchev–Trinajstić information content (AvgIpc) is 3.22. The monoisotopic (exact) mass is 350 g/mol. The van der Waals surface area contributed by atoms with Crippen LogP contribution in [0.3, 0.4) is 0 Å². The van der Waals surface area contributed by atoms with Crippen molar-refractivity contribution in [3.05, 3.63) is 59.7 Å². The fourth-order valence-corrected chi connectivity index (χ4v) is 4.04. The van der Waals surface area contributed by atoms with Crippen molar-refractivity contribution in [3.63, 3.8) is 0 Å². The molecule has 1 aromatic carbocycles. The summed E-state index contributed by atoms with van der Waals surface area (Å²) in [5.74, 6) is 0.960. The predicted octanol–water partition coefficient (Wildman–Crippen LogP) is 3.62. The van der Waals surface area contributed by atoms with Crippen LogP contribution < -0.4 is 4.74 Å². The van der Waals surface area contributed by atoms with Crippen LogP contribution in [0.25, 0.3) is 5.70 Å². The first-order valence-corrected chi connectivity index (χ1v) is 9.52. The third-order valence-electron chi connectivity index (χ3n) is 5.49. The van der Waals surface area contributed by atoms with Crippen molar-refractivity contribution in [2.45, 2.75) is 31.7 Å². The molecule has 0 saturated carbocycles. The van der Waals surface area contributed by atoms with Gasteiger partial charge in [0.2, 0.25) is 5.91 Å². The highest BCUT2D eigenvalue weighted by atomic mass is 16.5. The molecule has 136 valence electrons. The number of hydrogen-bond donors (Lipinski definition) is 0. The summed E-state index contributed by atoms with van der Waals surface area (Å²) in [6.07, 6.45) is 12.7. The van der Waals surface area contributed by atoms with Gasteiger partial charge in [-0.05, 0) is 56.1 Å². The molecule has 0 spiro atoms. The first-order valence-electron chi connectivity index (χ1n) is 9.52. The van der Waals surface area contributed by atoms with Gasteiger partial charge in [0, 0.05) is 18.7 Å². The topological polar surface area (TPSA) is 32.8 Å². The molecule has 4 nitrogen and oxygen atoms in total. The highest BCUT2D eigenvalue weighted by Gasteiger charge is 2.24. The molecule has 1 aliphatic carbocycles. The van der Waals surface area contributed by atoms with Crippen molar-refractivity contribution in [3.8, 4) is 5.75 Å². The molecule has 4 rings (SSSR count). The minimum Gasteiger partial charge on any atom is -0.489 e. The van der Waals surface area contributed by atoms with E-state index in [1.54, 1.807) is 4.90 Å². The molecule has 1 fully saturated rings. The van der Waals surface area contributed by atoms with E-state index in [0.29, 0.717) is 19.1 Å². The Morgan fingerprint density at radius 3 is 2.92 bits per heavy atom. The van der Waals surface area contributed by atoms with Crippen LogP contribution in [0, 0.1) is 0 Å². The van der Waals surface area contributed by atoms with Crippen LogP contribution in [0.1, 0.15) is 31.2 Å². The van der Waals surface area contributed by atoms with Crippen molar-refractivity contribution in [1.82, 2.24) is 9.80 Å². The molecule has 1 unspecified atom stereocenters. The van der Waals surface area contributed by atoms with Crippen molar-refractivity contribution in [1.29, 1.82) is 0 Å². The van der Waals surface area contributed by atoms with Gasteiger partial charge in [0.05, 0.1) is 12.1 Å². The van der Waals surface area contributed by atoms with Gasteiger partial charge in [-0.1, -0.05) is 30.4 Å². The van der Waals surface area contributed by atoms with Crippen LogP contribution in [0.5, 0.6) is 5.75 Å².